The van der Waals surface area contributed by atoms with Crippen LogP contribution in [0.4, 0.5) is 0 Å². The highest BCUT2D eigenvalue weighted by atomic mass is 16.5. The molecule has 0 amide bonds. The average Bonchev–Trinajstić information content (AvgIpc) is 3.11. The monoisotopic (exact) mass is 429 g/mol. The van der Waals surface area contributed by atoms with Crippen molar-refractivity contribution in [2.75, 3.05) is 0 Å². The SMILES string of the molecule is C/C=C\c1[nH]c2cc(C(/C=C\C(OC3CCC3)=C(/C)CC)=C/C)ccc2c1/C=C\CCC. The van der Waals surface area contributed by atoms with Crippen molar-refractivity contribution >= 4 is 28.6 Å². The van der Waals surface area contributed by atoms with Gasteiger partial charge in [-0.1, -0.05) is 62.8 Å². The van der Waals surface area contributed by atoms with Gasteiger partial charge in [-0.05, 0) is 87.8 Å². The molecule has 1 aromatic heterocycles. The molecule has 1 aliphatic carbocycles. The number of aromatic nitrogens is 1. The van der Waals surface area contributed by atoms with Crippen molar-refractivity contribution in [3.8, 4) is 0 Å². The van der Waals surface area contributed by atoms with E-state index in [9.17, 15) is 0 Å². The van der Waals surface area contributed by atoms with Gasteiger partial charge in [-0.3, -0.25) is 0 Å². The highest BCUT2D eigenvalue weighted by molar-refractivity contribution is 5.95. The van der Waals surface area contributed by atoms with Crippen molar-refractivity contribution in [3.05, 3.63) is 76.7 Å². The molecule has 1 fully saturated rings. The lowest BCUT2D eigenvalue weighted by molar-refractivity contribution is 0.0572. The molecule has 2 heteroatoms. The van der Waals surface area contributed by atoms with Crippen LogP contribution in [0.25, 0.3) is 28.6 Å². The van der Waals surface area contributed by atoms with Crippen LogP contribution in [-0.4, -0.2) is 11.1 Å². The molecular formula is C30H39NO. The third-order valence-corrected chi connectivity index (χ3v) is 6.30. The van der Waals surface area contributed by atoms with Crippen LogP contribution in [0.1, 0.15) is 90.0 Å². The third-order valence-electron chi connectivity index (χ3n) is 6.30. The van der Waals surface area contributed by atoms with Gasteiger partial charge in [0, 0.05) is 22.2 Å². The van der Waals surface area contributed by atoms with Gasteiger partial charge < -0.3 is 9.72 Å². The topological polar surface area (TPSA) is 25.0 Å². The van der Waals surface area contributed by atoms with Crippen LogP contribution in [0.2, 0.25) is 0 Å². The second-order valence-corrected chi connectivity index (χ2v) is 8.65. The molecule has 1 saturated carbocycles. The van der Waals surface area contributed by atoms with E-state index in [4.69, 9.17) is 4.74 Å². The Balaban J connectivity index is 1.92. The minimum Gasteiger partial charge on any atom is -0.491 e. The number of H-pyrrole nitrogens is 1. The van der Waals surface area contributed by atoms with Crippen molar-refractivity contribution < 1.29 is 4.74 Å². The standard InChI is InChI=1S/C30H39NO/c1-6-10-11-16-26-27-19-17-24(21-29(27)31-28(26)13-7-2)23(9-4)18-20-30(22(5)8-3)32-25-14-12-15-25/h7,9,11,13,16-21,25,31H,6,8,10,12,14-15H2,1-5H3/b13-7-,16-11-,20-18-,23-9+,30-22-. The Hall–Kier alpha value is -2.74. The summed E-state index contributed by atoms with van der Waals surface area (Å²) in [7, 11) is 0. The van der Waals surface area contributed by atoms with Gasteiger partial charge in [-0.15, -0.1) is 0 Å². The van der Waals surface area contributed by atoms with E-state index in [0.717, 1.165) is 25.0 Å². The van der Waals surface area contributed by atoms with Gasteiger partial charge in [-0.25, -0.2) is 0 Å². The second-order valence-electron chi connectivity index (χ2n) is 8.65. The first-order chi connectivity index (χ1) is 15.6. The molecule has 0 spiro atoms. The molecule has 0 atom stereocenters. The van der Waals surface area contributed by atoms with Crippen molar-refractivity contribution in [2.24, 2.45) is 0 Å². The van der Waals surface area contributed by atoms with E-state index < -0.39 is 0 Å². The molecule has 0 aliphatic heterocycles. The van der Waals surface area contributed by atoms with E-state index in [2.05, 4.69) is 100 Å². The van der Waals surface area contributed by atoms with Crippen LogP contribution >= 0.6 is 0 Å². The Morgan fingerprint density at radius 1 is 1.12 bits per heavy atom. The number of hydrogen-bond acceptors (Lipinski definition) is 1. The quantitative estimate of drug-likeness (QED) is 0.295. The number of aromatic amines is 1. The molecule has 1 aliphatic rings. The first-order valence-electron chi connectivity index (χ1n) is 12.3. The number of rotatable bonds is 10. The average molecular weight is 430 g/mol. The van der Waals surface area contributed by atoms with E-state index in [0.29, 0.717) is 6.10 Å². The lowest BCUT2D eigenvalue weighted by Gasteiger charge is -2.27. The summed E-state index contributed by atoms with van der Waals surface area (Å²) in [4.78, 5) is 3.62. The number of fused-ring (bicyclic) bond motifs is 1. The summed E-state index contributed by atoms with van der Waals surface area (Å²) in [5.74, 6) is 1.04. The summed E-state index contributed by atoms with van der Waals surface area (Å²) in [5.41, 5.74) is 7.34. The fourth-order valence-corrected chi connectivity index (χ4v) is 3.91. The summed E-state index contributed by atoms with van der Waals surface area (Å²) < 4.78 is 6.28. The maximum atomic E-state index is 6.28. The lowest BCUT2D eigenvalue weighted by atomic mass is 9.96. The molecule has 0 unspecified atom stereocenters. The van der Waals surface area contributed by atoms with Gasteiger partial charge >= 0.3 is 0 Å². The Kier molecular flexibility index (Phi) is 8.79. The van der Waals surface area contributed by atoms with Crippen LogP contribution in [0, 0.1) is 0 Å². The molecule has 0 saturated heterocycles. The molecule has 2 nitrogen and oxygen atoms in total. The van der Waals surface area contributed by atoms with Gasteiger partial charge in [0.25, 0.3) is 0 Å². The number of hydrogen-bond donors (Lipinski definition) is 1. The normalized spacial score (nSPS) is 16.5. The van der Waals surface area contributed by atoms with Crippen LogP contribution in [0.3, 0.4) is 0 Å². The van der Waals surface area contributed by atoms with E-state index in [-0.39, 0.29) is 0 Å². The number of allylic oxidation sites excluding steroid dienone is 7. The molecule has 170 valence electrons. The maximum absolute atomic E-state index is 6.28. The third kappa shape index (κ3) is 5.73. The molecule has 3 rings (SSSR count). The van der Waals surface area contributed by atoms with Crippen LogP contribution in [0.5, 0.6) is 0 Å². The summed E-state index contributed by atoms with van der Waals surface area (Å²) in [5, 5.41) is 1.27. The summed E-state index contributed by atoms with van der Waals surface area (Å²) >= 11 is 0. The van der Waals surface area contributed by atoms with E-state index in [1.54, 1.807) is 0 Å². The fourth-order valence-electron chi connectivity index (χ4n) is 3.91. The molecule has 2 aromatic rings. The number of benzene rings is 1. The molecule has 1 aromatic carbocycles. The number of ether oxygens (including phenoxy) is 1. The molecule has 1 heterocycles. The Bertz CT molecular complexity index is 1050. The minimum absolute atomic E-state index is 0.393. The smallest absolute Gasteiger partial charge is 0.118 e. The van der Waals surface area contributed by atoms with Crippen LogP contribution < -0.4 is 0 Å². The zero-order valence-electron chi connectivity index (χ0n) is 20.5. The van der Waals surface area contributed by atoms with Crippen molar-refractivity contribution in [2.45, 2.75) is 79.2 Å². The Morgan fingerprint density at radius 3 is 2.56 bits per heavy atom. The first-order valence-corrected chi connectivity index (χ1v) is 12.3. The van der Waals surface area contributed by atoms with Crippen LogP contribution in [-0.2, 0) is 4.74 Å². The van der Waals surface area contributed by atoms with Crippen molar-refractivity contribution in [1.82, 2.24) is 4.98 Å². The maximum Gasteiger partial charge on any atom is 0.118 e. The highest BCUT2D eigenvalue weighted by Gasteiger charge is 2.20. The highest BCUT2D eigenvalue weighted by Crippen LogP contribution is 2.30. The predicted molar refractivity (Wildman–Crippen MR) is 141 cm³/mol. The van der Waals surface area contributed by atoms with Gasteiger partial charge in [0.2, 0.25) is 0 Å². The number of unbranched alkanes of at least 4 members (excludes halogenated alkanes) is 1. The van der Waals surface area contributed by atoms with Crippen molar-refractivity contribution in [3.63, 3.8) is 0 Å². The Labute approximate surface area is 194 Å². The summed E-state index contributed by atoms with van der Waals surface area (Å²) in [6.45, 7) is 10.7. The summed E-state index contributed by atoms with van der Waals surface area (Å²) in [6, 6.07) is 6.74. The lowest BCUT2D eigenvalue weighted by Crippen LogP contribution is -2.21. The zero-order chi connectivity index (χ0) is 22.9. The first kappa shape index (κ1) is 23.9. The Morgan fingerprint density at radius 2 is 1.94 bits per heavy atom. The van der Waals surface area contributed by atoms with Gasteiger partial charge in [0.15, 0.2) is 0 Å². The second kappa shape index (κ2) is 11.8. The number of nitrogens with one attached hydrogen (secondary N) is 1. The molecule has 0 radical (unpaired) electrons. The van der Waals surface area contributed by atoms with E-state index in [1.807, 2.05) is 0 Å². The fraction of sp³-hybridized carbons (Fsp3) is 0.400. The van der Waals surface area contributed by atoms with Gasteiger partial charge in [-0.2, -0.15) is 0 Å². The van der Waals surface area contributed by atoms with Crippen molar-refractivity contribution in [1.29, 1.82) is 0 Å². The minimum atomic E-state index is 0.393. The predicted octanol–water partition coefficient (Wildman–Crippen LogP) is 9.23. The summed E-state index contributed by atoms with van der Waals surface area (Å²) in [6.07, 6.45) is 22.6. The van der Waals surface area contributed by atoms with E-state index in [1.165, 1.54) is 58.1 Å². The zero-order valence-corrected chi connectivity index (χ0v) is 20.5. The molecular weight excluding hydrogens is 390 g/mol. The van der Waals surface area contributed by atoms with Gasteiger partial charge in [0.1, 0.15) is 5.76 Å². The molecule has 1 N–H and O–H groups in total. The molecule has 32 heavy (non-hydrogen) atoms. The molecule has 0 bridgehead atoms. The van der Waals surface area contributed by atoms with E-state index >= 15 is 0 Å². The van der Waals surface area contributed by atoms with Gasteiger partial charge in [0.05, 0.1) is 6.10 Å². The largest absolute Gasteiger partial charge is 0.491 e. The van der Waals surface area contributed by atoms with Crippen LogP contribution in [0.15, 0.2) is 59.9 Å².